The SMILES string of the molecule is O[C@H]1CC[C@H]2[C@@H]3CCc4cc(OC5CCCCO5)ccc4[C@H]3[C@@H](F)C[C@]12CCCCCCCCCCSCCCC(F)(F)C(F)(F)F. The number of fused-ring (bicyclic) bond motifs is 5. The Bertz CT molecular complexity index is 1110. The van der Waals surface area contributed by atoms with Gasteiger partial charge in [-0.25, -0.2) is 4.39 Å². The normalized spacial score (nSPS) is 30.9. The molecule has 10 heteroatoms. The highest BCUT2D eigenvalue weighted by molar-refractivity contribution is 7.99. The molecule has 5 rings (SSSR count). The third kappa shape index (κ3) is 9.16. The van der Waals surface area contributed by atoms with Crippen LogP contribution in [0.25, 0.3) is 0 Å². The second-order valence-electron chi connectivity index (χ2n) is 14.7. The first-order valence-electron chi connectivity index (χ1n) is 18.3. The van der Waals surface area contributed by atoms with Gasteiger partial charge in [0.1, 0.15) is 11.9 Å². The third-order valence-electron chi connectivity index (χ3n) is 11.6. The summed E-state index contributed by atoms with van der Waals surface area (Å²) in [5.41, 5.74) is 2.05. The van der Waals surface area contributed by atoms with Crippen LogP contribution in [0.1, 0.15) is 133 Å². The molecule has 1 saturated heterocycles. The first kappa shape index (κ1) is 37.1. The number of hydrogen-bond acceptors (Lipinski definition) is 4. The van der Waals surface area contributed by atoms with Crippen molar-refractivity contribution >= 4 is 11.8 Å². The molecule has 4 aliphatic rings. The molecule has 0 amide bonds. The minimum atomic E-state index is -5.45. The quantitative estimate of drug-likeness (QED) is 0.130. The fourth-order valence-electron chi connectivity index (χ4n) is 9.19. The van der Waals surface area contributed by atoms with Crippen LogP contribution in [0.5, 0.6) is 5.75 Å². The predicted molar refractivity (Wildman–Crippen MR) is 175 cm³/mol. The highest BCUT2D eigenvalue weighted by Gasteiger charge is 2.60. The van der Waals surface area contributed by atoms with E-state index in [0.29, 0.717) is 18.1 Å². The second-order valence-corrected chi connectivity index (χ2v) is 15.9. The Hall–Kier alpha value is -1.13. The molecule has 1 heterocycles. The molecule has 0 radical (unpaired) electrons. The molecule has 7 atom stereocenters. The molecular formula is C37H54F6O3S. The number of aliphatic hydroxyl groups is 1. The first-order valence-corrected chi connectivity index (χ1v) is 19.4. The Morgan fingerprint density at radius 3 is 2.32 bits per heavy atom. The van der Waals surface area contributed by atoms with E-state index in [4.69, 9.17) is 9.47 Å². The summed E-state index contributed by atoms with van der Waals surface area (Å²) >= 11 is 1.45. The van der Waals surface area contributed by atoms with Crippen molar-refractivity contribution in [2.45, 2.75) is 159 Å². The van der Waals surface area contributed by atoms with Gasteiger partial charge in [-0.05, 0) is 111 Å². The summed E-state index contributed by atoms with van der Waals surface area (Å²) in [4.78, 5) is 0. The van der Waals surface area contributed by atoms with Crippen LogP contribution in [0, 0.1) is 17.3 Å². The third-order valence-corrected chi connectivity index (χ3v) is 12.8. The number of aryl methyl sites for hydroxylation is 1. The lowest BCUT2D eigenvalue weighted by Crippen LogP contribution is -2.50. The van der Waals surface area contributed by atoms with Crippen molar-refractivity contribution in [3.8, 4) is 5.75 Å². The Kier molecular flexibility index (Phi) is 13.2. The number of aliphatic hydroxyl groups excluding tert-OH is 1. The molecule has 268 valence electrons. The van der Waals surface area contributed by atoms with E-state index in [2.05, 4.69) is 12.1 Å². The number of ether oxygens (including phenoxy) is 2. The topological polar surface area (TPSA) is 38.7 Å². The summed E-state index contributed by atoms with van der Waals surface area (Å²) in [6.45, 7) is 0.736. The lowest BCUT2D eigenvalue weighted by atomic mass is 9.53. The standard InChI is InChI=1S/C37H54F6O3S/c38-31-25-35(19-8-5-3-1-2-4-6-10-22-47-23-11-20-36(39,40)37(41,42)43)30(17-18-32(35)44)29-15-13-26-24-27(14-16-28(26)34(29)31)46-33-12-7-9-21-45-33/h14,16,24,29-34,44H,1-13,15,17-23,25H2/t29-,30-,31-,32-,33?,34+,35-/m0/s1. The maximum absolute atomic E-state index is 16.2. The van der Waals surface area contributed by atoms with Crippen molar-refractivity contribution in [3.05, 3.63) is 29.3 Å². The number of unbranched alkanes of at least 4 members (excludes halogenated alkanes) is 7. The van der Waals surface area contributed by atoms with E-state index in [1.54, 1.807) is 0 Å². The zero-order chi connectivity index (χ0) is 33.5. The number of hydrogen-bond donors (Lipinski definition) is 1. The van der Waals surface area contributed by atoms with E-state index >= 15 is 4.39 Å². The van der Waals surface area contributed by atoms with E-state index < -0.39 is 30.8 Å². The van der Waals surface area contributed by atoms with Gasteiger partial charge in [-0.15, -0.1) is 0 Å². The lowest BCUT2D eigenvalue weighted by molar-refractivity contribution is -0.284. The minimum Gasteiger partial charge on any atom is -0.465 e. The Balaban J connectivity index is 0.990. The van der Waals surface area contributed by atoms with E-state index in [-0.39, 0.29) is 30.0 Å². The average molecular weight is 693 g/mol. The number of alkyl halides is 6. The Morgan fingerprint density at radius 2 is 1.60 bits per heavy atom. The fraction of sp³-hybridized carbons (Fsp3) is 0.838. The molecule has 0 aromatic heterocycles. The molecular weight excluding hydrogens is 638 g/mol. The summed E-state index contributed by atoms with van der Waals surface area (Å²) in [5, 5.41) is 11.3. The second kappa shape index (κ2) is 16.7. The molecule has 0 spiro atoms. The zero-order valence-electron chi connectivity index (χ0n) is 27.7. The van der Waals surface area contributed by atoms with Gasteiger partial charge in [0.05, 0.1) is 12.7 Å². The predicted octanol–water partition coefficient (Wildman–Crippen LogP) is 11.0. The first-order chi connectivity index (χ1) is 22.5. The monoisotopic (exact) mass is 692 g/mol. The molecule has 1 unspecified atom stereocenters. The van der Waals surface area contributed by atoms with Crippen LogP contribution < -0.4 is 4.74 Å². The maximum atomic E-state index is 16.2. The number of thioether (sulfide) groups is 1. The van der Waals surface area contributed by atoms with Gasteiger partial charge in [-0.3, -0.25) is 0 Å². The molecule has 0 bridgehead atoms. The van der Waals surface area contributed by atoms with Crippen LogP contribution in [0.2, 0.25) is 0 Å². The largest absolute Gasteiger partial charge is 0.465 e. The van der Waals surface area contributed by atoms with Crippen molar-refractivity contribution in [2.24, 2.45) is 17.3 Å². The molecule has 3 fully saturated rings. The van der Waals surface area contributed by atoms with Gasteiger partial charge in [0, 0.05) is 24.2 Å². The van der Waals surface area contributed by atoms with Crippen molar-refractivity contribution in [2.75, 3.05) is 18.1 Å². The summed E-state index contributed by atoms with van der Waals surface area (Å²) in [7, 11) is 0. The van der Waals surface area contributed by atoms with Crippen molar-refractivity contribution in [1.82, 2.24) is 0 Å². The fourth-order valence-corrected chi connectivity index (χ4v) is 10.2. The van der Waals surface area contributed by atoms with Gasteiger partial charge < -0.3 is 14.6 Å². The van der Waals surface area contributed by atoms with Gasteiger partial charge in [-0.2, -0.15) is 33.7 Å². The van der Waals surface area contributed by atoms with E-state index in [0.717, 1.165) is 126 Å². The molecule has 3 aliphatic carbocycles. The molecule has 1 aliphatic heterocycles. The molecule has 1 aromatic carbocycles. The van der Waals surface area contributed by atoms with Gasteiger partial charge in [0.2, 0.25) is 0 Å². The lowest BCUT2D eigenvalue weighted by Gasteiger charge is -2.53. The van der Waals surface area contributed by atoms with Crippen LogP contribution >= 0.6 is 11.8 Å². The molecule has 1 N–H and O–H groups in total. The molecule has 3 nitrogen and oxygen atoms in total. The number of benzene rings is 1. The van der Waals surface area contributed by atoms with Crippen LogP contribution in [0.15, 0.2) is 18.2 Å². The van der Waals surface area contributed by atoms with Gasteiger partial charge in [0.15, 0.2) is 6.29 Å². The summed E-state index contributed by atoms with van der Waals surface area (Å²) < 4.78 is 90.6. The Labute approximate surface area is 281 Å². The van der Waals surface area contributed by atoms with Gasteiger partial charge in [0.25, 0.3) is 0 Å². The average Bonchev–Trinajstić information content (AvgIpc) is 3.36. The highest BCUT2D eigenvalue weighted by Crippen LogP contribution is 2.63. The van der Waals surface area contributed by atoms with Crippen LogP contribution in [-0.2, 0) is 11.2 Å². The smallest absolute Gasteiger partial charge is 0.453 e. The van der Waals surface area contributed by atoms with Crippen LogP contribution in [0.3, 0.4) is 0 Å². The molecule has 1 aromatic rings. The van der Waals surface area contributed by atoms with E-state index in [1.165, 1.54) is 17.3 Å². The van der Waals surface area contributed by atoms with Crippen LogP contribution in [-0.4, -0.2) is 53.9 Å². The Morgan fingerprint density at radius 1 is 0.872 bits per heavy atom. The van der Waals surface area contributed by atoms with Crippen molar-refractivity contribution < 1.29 is 40.9 Å². The maximum Gasteiger partial charge on any atom is 0.453 e. The van der Waals surface area contributed by atoms with Crippen LogP contribution in [0.4, 0.5) is 26.3 Å². The molecule has 2 saturated carbocycles. The van der Waals surface area contributed by atoms with Gasteiger partial charge >= 0.3 is 12.1 Å². The number of rotatable bonds is 17. The summed E-state index contributed by atoms with van der Waals surface area (Å²) in [6, 6.07) is 6.20. The van der Waals surface area contributed by atoms with E-state index in [1.807, 2.05) is 6.07 Å². The summed E-state index contributed by atoms with van der Waals surface area (Å²) in [6.07, 6.45) is 8.36. The minimum absolute atomic E-state index is 0.0975. The van der Waals surface area contributed by atoms with Gasteiger partial charge in [-0.1, -0.05) is 51.0 Å². The van der Waals surface area contributed by atoms with Crippen molar-refractivity contribution in [1.29, 1.82) is 0 Å². The van der Waals surface area contributed by atoms with Crippen molar-refractivity contribution in [3.63, 3.8) is 0 Å². The number of halogens is 6. The summed E-state index contributed by atoms with van der Waals surface area (Å²) in [5.74, 6) is -2.11. The zero-order valence-corrected chi connectivity index (χ0v) is 28.5. The van der Waals surface area contributed by atoms with E-state index in [9.17, 15) is 27.1 Å². The highest BCUT2D eigenvalue weighted by atomic mass is 32.2. The molecule has 47 heavy (non-hydrogen) atoms.